The molecule has 1 aliphatic carbocycles. The van der Waals surface area contributed by atoms with Crippen LogP contribution in [-0.2, 0) is 14.3 Å². The van der Waals surface area contributed by atoms with Gasteiger partial charge in [-0.1, -0.05) is 0 Å². The molecule has 118 valence electrons. The predicted molar refractivity (Wildman–Crippen MR) is 73.7 cm³/mol. The maximum Gasteiger partial charge on any atom is 0.328 e. The molecule has 1 aliphatic heterocycles. The number of nitrogens with one attached hydrogen (secondary N) is 1. The number of carbonyl (C=O) groups is 3. The number of aliphatic carboxylic acids is 1. The smallest absolute Gasteiger partial charge is 0.328 e. The number of ether oxygens (including phenoxy) is 1. The van der Waals surface area contributed by atoms with Crippen LogP contribution in [0.15, 0.2) is 0 Å². The average molecular weight is 298 g/mol. The molecule has 0 bridgehead atoms. The third kappa shape index (κ3) is 3.46. The number of carboxylic acids is 1. The summed E-state index contributed by atoms with van der Waals surface area (Å²) in [6.07, 6.45) is 3.49. The molecule has 2 fully saturated rings. The standard InChI is InChI=1S/C14H22N2O5/c1-2-21-11(17)10-5-3-4-8-16(10)13(20)15-9-14(6-7-14)12(18)19/h10H,2-9H2,1H3,(H,15,20)(H,18,19). The highest BCUT2D eigenvalue weighted by molar-refractivity contribution is 5.85. The quantitative estimate of drug-likeness (QED) is 0.738. The van der Waals surface area contributed by atoms with E-state index in [1.165, 1.54) is 4.90 Å². The second-order valence-electron chi connectivity index (χ2n) is 5.70. The molecular weight excluding hydrogens is 276 g/mol. The molecular formula is C14H22N2O5. The van der Waals surface area contributed by atoms with Crippen LogP contribution in [0.25, 0.3) is 0 Å². The minimum Gasteiger partial charge on any atom is -0.481 e. The zero-order chi connectivity index (χ0) is 15.5. The lowest BCUT2D eigenvalue weighted by atomic mass is 10.0. The van der Waals surface area contributed by atoms with Crippen LogP contribution in [0.4, 0.5) is 4.79 Å². The van der Waals surface area contributed by atoms with Crippen LogP contribution < -0.4 is 5.32 Å². The van der Waals surface area contributed by atoms with E-state index in [9.17, 15) is 14.4 Å². The van der Waals surface area contributed by atoms with E-state index < -0.39 is 17.4 Å². The number of hydrogen-bond donors (Lipinski definition) is 2. The minimum atomic E-state index is -0.872. The van der Waals surface area contributed by atoms with E-state index in [4.69, 9.17) is 9.84 Å². The van der Waals surface area contributed by atoms with Crippen LogP contribution in [0, 0.1) is 5.41 Å². The number of carboxylic acid groups (broad SMARTS) is 1. The van der Waals surface area contributed by atoms with Gasteiger partial charge in [0.1, 0.15) is 6.04 Å². The van der Waals surface area contributed by atoms with Crippen molar-refractivity contribution in [1.82, 2.24) is 10.2 Å². The Morgan fingerprint density at radius 2 is 2.05 bits per heavy atom. The summed E-state index contributed by atoms with van der Waals surface area (Å²) in [5.41, 5.74) is -0.801. The Bertz CT molecular complexity index is 433. The Labute approximate surface area is 123 Å². The monoisotopic (exact) mass is 298 g/mol. The van der Waals surface area contributed by atoms with Gasteiger partial charge in [-0.3, -0.25) is 4.79 Å². The summed E-state index contributed by atoms with van der Waals surface area (Å²) in [5, 5.41) is 11.8. The number of nitrogens with zero attached hydrogens (tertiary/aromatic N) is 1. The van der Waals surface area contributed by atoms with Crippen LogP contribution in [0.5, 0.6) is 0 Å². The van der Waals surface area contributed by atoms with E-state index in [1.807, 2.05) is 0 Å². The van der Waals surface area contributed by atoms with Crippen molar-refractivity contribution >= 4 is 18.0 Å². The number of carbonyl (C=O) groups excluding carboxylic acids is 2. The normalized spacial score (nSPS) is 23.3. The Morgan fingerprint density at radius 3 is 2.62 bits per heavy atom. The fraction of sp³-hybridized carbons (Fsp3) is 0.786. The topological polar surface area (TPSA) is 95.9 Å². The van der Waals surface area contributed by atoms with Crippen LogP contribution >= 0.6 is 0 Å². The Morgan fingerprint density at radius 1 is 1.33 bits per heavy atom. The molecule has 1 heterocycles. The van der Waals surface area contributed by atoms with E-state index in [0.717, 1.165) is 12.8 Å². The van der Waals surface area contributed by atoms with Crippen molar-refractivity contribution in [3.8, 4) is 0 Å². The first kappa shape index (κ1) is 15.6. The van der Waals surface area contributed by atoms with E-state index in [0.29, 0.717) is 25.8 Å². The van der Waals surface area contributed by atoms with Crippen molar-refractivity contribution in [3.63, 3.8) is 0 Å². The van der Waals surface area contributed by atoms with Crippen LogP contribution in [0.1, 0.15) is 39.0 Å². The summed E-state index contributed by atoms with van der Waals surface area (Å²) in [4.78, 5) is 36.7. The highest BCUT2D eigenvalue weighted by Gasteiger charge is 2.50. The maximum absolute atomic E-state index is 12.2. The van der Waals surface area contributed by atoms with Crippen LogP contribution in [0.3, 0.4) is 0 Å². The van der Waals surface area contributed by atoms with Gasteiger partial charge in [-0.2, -0.15) is 0 Å². The second-order valence-corrected chi connectivity index (χ2v) is 5.70. The number of urea groups is 1. The lowest BCUT2D eigenvalue weighted by Crippen LogP contribution is -2.53. The third-order valence-electron chi connectivity index (χ3n) is 4.21. The molecule has 1 saturated carbocycles. The van der Waals surface area contributed by atoms with E-state index in [2.05, 4.69) is 5.32 Å². The van der Waals surface area contributed by atoms with Crippen molar-refractivity contribution in [2.45, 2.75) is 45.1 Å². The maximum atomic E-state index is 12.2. The molecule has 1 saturated heterocycles. The summed E-state index contributed by atoms with van der Waals surface area (Å²) < 4.78 is 5.00. The highest BCUT2D eigenvalue weighted by Crippen LogP contribution is 2.45. The second kappa shape index (κ2) is 6.32. The molecule has 2 N–H and O–H groups in total. The van der Waals surface area contributed by atoms with Gasteiger partial charge >= 0.3 is 18.0 Å². The predicted octanol–water partition coefficient (Wildman–Crippen LogP) is 0.978. The molecule has 0 aromatic heterocycles. The molecule has 2 amide bonds. The van der Waals surface area contributed by atoms with Gasteiger partial charge in [0.25, 0.3) is 0 Å². The Kier molecular flexibility index (Phi) is 4.69. The van der Waals surface area contributed by atoms with Crippen molar-refractivity contribution in [2.75, 3.05) is 19.7 Å². The summed E-state index contributed by atoms with van der Waals surface area (Å²) in [7, 11) is 0. The summed E-state index contributed by atoms with van der Waals surface area (Å²) in [6, 6.07) is -0.932. The summed E-state index contributed by atoms with van der Waals surface area (Å²) in [6.45, 7) is 2.63. The van der Waals surface area contributed by atoms with Crippen molar-refractivity contribution < 1.29 is 24.2 Å². The number of likely N-dealkylation sites (tertiary alicyclic amines) is 1. The van der Waals surface area contributed by atoms with Crippen molar-refractivity contribution in [3.05, 3.63) is 0 Å². The van der Waals surface area contributed by atoms with Crippen molar-refractivity contribution in [1.29, 1.82) is 0 Å². The zero-order valence-corrected chi connectivity index (χ0v) is 12.3. The van der Waals surface area contributed by atoms with Crippen molar-refractivity contribution in [2.24, 2.45) is 5.41 Å². The first-order valence-electron chi connectivity index (χ1n) is 7.45. The van der Waals surface area contributed by atoms with Gasteiger partial charge < -0.3 is 20.1 Å². The van der Waals surface area contributed by atoms with E-state index in [1.54, 1.807) is 6.92 Å². The van der Waals surface area contributed by atoms with Gasteiger partial charge in [0, 0.05) is 13.1 Å². The number of rotatable bonds is 5. The summed E-state index contributed by atoms with van der Waals surface area (Å²) in [5.74, 6) is -1.25. The van der Waals surface area contributed by atoms with Gasteiger partial charge in [0.15, 0.2) is 0 Å². The zero-order valence-electron chi connectivity index (χ0n) is 12.3. The third-order valence-corrected chi connectivity index (χ3v) is 4.21. The molecule has 2 aliphatic rings. The Hall–Kier alpha value is -1.79. The number of piperidine rings is 1. The molecule has 1 atom stereocenters. The molecule has 0 radical (unpaired) electrons. The molecule has 0 spiro atoms. The largest absolute Gasteiger partial charge is 0.481 e. The first-order chi connectivity index (χ1) is 10.00. The Balaban J connectivity index is 1.92. The van der Waals surface area contributed by atoms with E-state index in [-0.39, 0.29) is 25.2 Å². The molecule has 7 nitrogen and oxygen atoms in total. The van der Waals surface area contributed by atoms with Gasteiger partial charge in [-0.25, -0.2) is 9.59 Å². The van der Waals surface area contributed by atoms with Gasteiger partial charge in [0.2, 0.25) is 0 Å². The highest BCUT2D eigenvalue weighted by atomic mass is 16.5. The number of esters is 1. The first-order valence-corrected chi connectivity index (χ1v) is 7.45. The molecule has 1 unspecified atom stereocenters. The van der Waals surface area contributed by atoms with E-state index >= 15 is 0 Å². The van der Waals surface area contributed by atoms with Crippen LogP contribution in [0.2, 0.25) is 0 Å². The van der Waals surface area contributed by atoms with Gasteiger partial charge in [-0.05, 0) is 39.0 Å². The molecule has 0 aromatic carbocycles. The van der Waals surface area contributed by atoms with Gasteiger partial charge in [-0.15, -0.1) is 0 Å². The molecule has 0 aromatic rings. The molecule has 21 heavy (non-hydrogen) atoms. The fourth-order valence-electron chi connectivity index (χ4n) is 2.62. The summed E-state index contributed by atoms with van der Waals surface area (Å²) >= 11 is 0. The van der Waals surface area contributed by atoms with Gasteiger partial charge in [0.05, 0.1) is 12.0 Å². The molecule has 2 rings (SSSR count). The lowest BCUT2D eigenvalue weighted by Gasteiger charge is -2.34. The number of amides is 2. The molecule has 7 heteroatoms. The fourth-order valence-corrected chi connectivity index (χ4v) is 2.62. The lowest BCUT2D eigenvalue weighted by molar-refractivity contribution is -0.149. The number of hydrogen-bond acceptors (Lipinski definition) is 4. The van der Waals surface area contributed by atoms with Crippen LogP contribution in [-0.4, -0.2) is 53.7 Å². The minimum absolute atomic E-state index is 0.118. The average Bonchev–Trinajstić information content (AvgIpc) is 3.26. The SMILES string of the molecule is CCOC(=O)C1CCCCN1C(=O)NCC1(C(=O)O)CC1.